The van der Waals surface area contributed by atoms with E-state index in [1.165, 1.54) is 23.1 Å². The van der Waals surface area contributed by atoms with Crippen molar-refractivity contribution in [3.8, 4) is 11.6 Å². The van der Waals surface area contributed by atoms with Crippen LogP contribution in [-0.2, 0) is 21.8 Å². The zero-order valence-corrected chi connectivity index (χ0v) is 16.0. The fourth-order valence-electron chi connectivity index (χ4n) is 3.00. The van der Waals surface area contributed by atoms with Gasteiger partial charge < -0.3 is 4.52 Å². The second-order valence-electron chi connectivity index (χ2n) is 6.72. The van der Waals surface area contributed by atoms with E-state index < -0.39 is 21.1 Å². The third-order valence-electron chi connectivity index (χ3n) is 4.60. The van der Waals surface area contributed by atoms with Crippen LogP contribution in [0.15, 0.2) is 35.0 Å². The Kier molecular flexibility index (Phi) is 4.31. The fourth-order valence-corrected chi connectivity index (χ4v) is 3.86. The van der Waals surface area contributed by atoms with Crippen molar-refractivity contribution in [2.45, 2.75) is 24.8 Å². The second kappa shape index (κ2) is 6.42. The van der Waals surface area contributed by atoms with Crippen LogP contribution in [0.4, 0.5) is 4.39 Å². The molecule has 1 aromatic carbocycles. The Morgan fingerprint density at radius 3 is 2.78 bits per heavy atom. The van der Waals surface area contributed by atoms with Crippen LogP contribution < -0.4 is 0 Å². The summed E-state index contributed by atoms with van der Waals surface area (Å²) in [5.41, 5.74) is 0.769. The van der Waals surface area contributed by atoms with Gasteiger partial charge in [0.15, 0.2) is 11.5 Å². The SMILES string of the molecule is CS(=O)(=O)CCn1ccc(-c2nc(C3(c4ccc(F)cc4Cl)CC3)no2)n1. The normalized spacial score (nSPS) is 15.8. The highest BCUT2D eigenvalue weighted by atomic mass is 35.5. The van der Waals surface area contributed by atoms with Crippen molar-refractivity contribution in [2.24, 2.45) is 0 Å². The molecule has 0 atom stereocenters. The van der Waals surface area contributed by atoms with Crippen molar-refractivity contribution in [3.63, 3.8) is 0 Å². The molecular weight excluding hydrogens is 395 g/mol. The van der Waals surface area contributed by atoms with Crippen LogP contribution in [0.3, 0.4) is 0 Å². The van der Waals surface area contributed by atoms with Crippen LogP contribution in [0.25, 0.3) is 11.6 Å². The molecule has 2 aromatic heterocycles. The number of aryl methyl sites for hydroxylation is 1. The van der Waals surface area contributed by atoms with E-state index in [0.717, 1.165) is 18.4 Å². The molecule has 142 valence electrons. The molecular formula is C17H16ClFN4O3S. The van der Waals surface area contributed by atoms with E-state index in [4.69, 9.17) is 16.1 Å². The van der Waals surface area contributed by atoms with Gasteiger partial charge in [0.2, 0.25) is 0 Å². The van der Waals surface area contributed by atoms with Crippen LogP contribution in [-0.4, -0.2) is 40.3 Å². The van der Waals surface area contributed by atoms with E-state index in [-0.39, 0.29) is 18.2 Å². The van der Waals surface area contributed by atoms with Crippen molar-refractivity contribution in [1.29, 1.82) is 0 Å². The Bertz CT molecular complexity index is 1110. The first-order valence-corrected chi connectivity index (χ1v) is 10.7. The fraction of sp³-hybridized carbons (Fsp3) is 0.353. The summed E-state index contributed by atoms with van der Waals surface area (Å²) in [6.45, 7) is 0.245. The van der Waals surface area contributed by atoms with E-state index in [2.05, 4.69) is 15.2 Å². The first-order chi connectivity index (χ1) is 12.8. The molecule has 0 radical (unpaired) electrons. The molecule has 3 aromatic rings. The van der Waals surface area contributed by atoms with Crippen molar-refractivity contribution in [2.75, 3.05) is 12.0 Å². The maximum absolute atomic E-state index is 13.3. The van der Waals surface area contributed by atoms with E-state index in [1.54, 1.807) is 18.3 Å². The molecule has 0 unspecified atom stereocenters. The van der Waals surface area contributed by atoms with Gasteiger partial charge in [0.1, 0.15) is 15.7 Å². The number of aromatic nitrogens is 4. The van der Waals surface area contributed by atoms with Gasteiger partial charge in [-0.2, -0.15) is 10.1 Å². The maximum Gasteiger partial charge on any atom is 0.278 e. The summed E-state index contributed by atoms with van der Waals surface area (Å²) in [5, 5.41) is 8.70. The number of benzene rings is 1. The summed E-state index contributed by atoms with van der Waals surface area (Å²) in [6.07, 6.45) is 4.42. The third kappa shape index (κ3) is 3.61. The number of sulfone groups is 1. The van der Waals surface area contributed by atoms with Crippen LogP contribution in [0, 0.1) is 5.82 Å². The van der Waals surface area contributed by atoms with Gasteiger partial charge in [0.05, 0.1) is 17.7 Å². The minimum absolute atomic E-state index is 0.00458. The second-order valence-corrected chi connectivity index (χ2v) is 9.39. The highest BCUT2D eigenvalue weighted by Crippen LogP contribution is 2.54. The molecule has 0 bridgehead atoms. The topological polar surface area (TPSA) is 90.9 Å². The molecule has 0 spiro atoms. The molecule has 0 amide bonds. The summed E-state index contributed by atoms with van der Waals surface area (Å²) in [5.74, 6) is 0.326. The number of nitrogens with zero attached hydrogens (tertiary/aromatic N) is 4. The van der Waals surface area contributed by atoms with E-state index >= 15 is 0 Å². The van der Waals surface area contributed by atoms with E-state index in [0.29, 0.717) is 16.5 Å². The van der Waals surface area contributed by atoms with E-state index in [9.17, 15) is 12.8 Å². The number of halogens is 2. The van der Waals surface area contributed by atoms with E-state index in [1.807, 2.05) is 0 Å². The minimum atomic E-state index is -3.07. The Morgan fingerprint density at radius 2 is 2.11 bits per heavy atom. The Labute approximate surface area is 160 Å². The van der Waals surface area contributed by atoms with Crippen LogP contribution in [0.1, 0.15) is 24.2 Å². The van der Waals surface area contributed by atoms with Crippen molar-refractivity contribution < 1.29 is 17.3 Å². The number of hydrogen-bond donors (Lipinski definition) is 0. The smallest absolute Gasteiger partial charge is 0.278 e. The quantitative estimate of drug-likeness (QED) is 0.620. The van der Waals surface area contributed by atoms with Gasteiger partial charge in [-0.15, -0.1) is 0 Å². The molecule has 10 heteroatoms. The molecule has 7 nitrogen and oxygen atoms in total. The molecule has 4 rings (SSSR count). The highest BCUT2D eigenvalue weighted by molar-refractivity contribution is 7.90. The predicted octanol–water partition coefficient (Wildman–Crippen LogP) is 2.85. The molecule has 2 heterocycles. The molecule has 1 saturated carbocycles. The summed E-state index contributed by atoms with van der Waals surface area (Å²) in [7, 11) is -3.07. The summed E-state index contributed by atoms with van der Waals surface area (Å²) >= 11 is 6.21. The lowest BCUT2D eigenvalue weighted by Crippen LogP contribution is -2.12. The number of hydrogen-bond acceptors (Lipinski definition) is 6. The Balaban J connectivity index is 1.58. The summed E-state index contributed by atoms with van der Waals surface area (Å²) < 4.78 is 42.7. The van der Waals surface area contributed by atoms with Crippen LogP contribution >= 0.6 is 11.6 Å². The number of rotatable bonds is 6. The third-order valence-corrected chi connectivity index (χ3v) is 5.84. The average molecular weight is 411 g/mol. The largest absolute Gasteiger partial charge is 0.332 e. The van der Waals surface area contributed by atoms with Crippen molar-refractivity contribution >= 4 is 21.4 Å². The lowest BCUT2D eigenvalue weighted by atomic mass is 9.95. The monoisotopic (exact) mass is 410 g/mol. The zero-order chi connectivity index (χ0) is 19.2. The lowest BCUT2D eigenvalue weighted by Gasteiger charge is -2.12. The Hall–Kier alpha value is -2.26. The summed E-state index contributed by atoms with van der Waals surface area (Å²) in [6, 6.07) is 5.98. The molecule has 1 aliphatic carbocycles. The predicted molar refractivity (Wildman–Crippen MR) is 96.7 cm³/mol. The molecule has 1 aliphatic rings. The Morgan fingerprint density at radius 1 is 1.33 bits per heavy atom. The maximum atomic E-state index is 13.3. The molecule has 0 N–H and O–H groups in total. The molecule has 1 fully saturated rings. The van der Waals surface area contributed by atoms with Gasteiger partial charge in [0, 0.05) is 17.5 Å². The molecule has 0 saturated heterocycles. The molecule has 27 heavy (non-hydrogen) atoms. The van der Waals surface area contributed by atoms with Crippen molar-refractivity contribution in [1.82, 2.24) is 19.9 Å². The van der Waals surface area contributed by atoms with Gasteiger partial charge in [0.25, 0.3) is 5.89 Å². The minimum Gasteiger partial charge on any atom is -0.332 e. The van der Waals surface area contributed by atoms with Crippen LogP contribution in [0.5, 0.6) is 0 Å². The first kappa shape index (κ1) is 18.1. The van der Waals surface area contributed by atoms with Gasteiger partial charge in [-0.05, 0) is 36.6 Å². The lowest BCUT2D eigenvalue weighted by molar-refractivity contribution is 0.416. The van der Waals surface area contributed by atoms with Gasteiger partial charge in [-0.3, -0.25) is 4.68 Å². The van der Waals surface area contributed by atoms with Crippen molar-refractivity contribution in [3.05, 3.63) is 52.7 Å². The van der Waals surface area contributed by atoms with Crippen LogP contribution in [0.2, 0.25) is 5.02 Å². The summed E-state index contributed by atoms with van der Waals surface area (Å²) in [4.78, 5) is 4.45. The van der Waals surface area contributed by atoms with Gasteiger partial charge in [-0.25, -0.2) is 12.8 Å². The highest BCUT2D eigenvalue weighted by Gasteiger charge is 2.51. The first-order valence-electron chi connectivity index (χ1n) is 8.28. The van der Waals surface area contributed by atoms with Gasteiger partial charge >= 0.3 is 0 Å². The molecule has 0 aliphatic heterocycles. The average Bonchev–Trinajstić information content (AvgIpc) is 3.04. The van der Waals surface area contributed by atoms with Gasteiger partial charge in [-0.1, -0.05) is 22.8 Å². The standard InChI is InChI=1S/C17H16ClFN4O3S/c1-27(24,25)9-8-23-7-4-14(21-23)15-20-16(22-26-15)17(5-6-17)12-3-2-11(19)10-13(12)18/h2-4,7,10H,5-6,8-9H2,1H3. The zero-order valence-electron chi connectivity index (χ0n) is 14.4.